The quantitative estimate of drug-likeness (QED) is 0.712. The molecule has 2 rings (SSSR count). The molecule has 0 fully saturated rings. The molecule has 0 aromatic carbocycles. The van der Waals surface area contributed by atoms with Gasteiger partial charge in [-0.25, -0.2) is 9.50 Å². The predicted molar refractivity (Wildman–Crippen MR) is 77.2 cm³/mol. The van der Waals surface area contributed by atoms with Gasteiger partial charge in [0, 0.05) is 11.6 Å². The molecule has 0 bridgehead atoms. The van der Waals surface area contributed by atoms with Crippen LogP contribution in [-0.2, 0) is 5.41 Å². The summed E-state index contributed by atoms with van der Waals surface area (Å²) in [5, 5.41) is 4.32. The highest BCUT2D eigenvalue weighted by molar-refractivity contribution is 5.30. The second-order valence-electron chi connectivity index (χ2n) is 5.53. The summed E-state index contributed by atoms with van der Waals surface area (Å²) in [5.41, 5.74) is 1.39. The summed E-state index contributed by atoms with van der Waals surface area (Å²) in [4.78, 5) is 8.43. The van der Waals surface area contributed by atoms with Crippen molar-refractivity contribution in [2.45, 2.75) is 64.7 Å². The summed E-state index contributed by atoms with van der Waals surface area (Å²) in [6, 6.07) is 2.09. The van der Waals surface area contributed by atoms with E-state index in [4.69, 9.17) is 0 Å². The van der Waals surface area contributed by atoms with Gasteiger partial charge in [0.25, 0.3) is 5.78 Å². The van der Waals surface area contributed by atoms with Crippen LogP contribution in [0, 0.1) is 0 Å². The van der Waals surface area contributed by atoms with E-state index in [0.29, 0.717) is 5.78 Å². The van der Waals surface area contributed by atoms with Crippen LogP contribution >= 0.6 is 0 Å². The number of nitrogens with zero attached hydrogens (tertiary/aromatic N) is 4. The third-order valence-electron chi connectivity index (χ3n) is 4.16. The van der Waals surface area contributed by atoms with Gasteiger partial charge in [0.2, 0.25) is 0 Å². The molecule has 0 aliphatic rings. The molecular formula is C15H24N4. The predicted octanol–water partition coefficient (Wildman–Crippen LogP) is 3.76. The van der Waals surface area contributed by atoms with Crippen LogP contribution in [0.1, 0.15) is 65.0 Å². The molecule has 0 aliphatic heterocycles. The van der Waals surface area contributed by atoms with Crippen molar-refractivity contribution in [3.63, 3.8) is 0 Å². The Bertz CT molecular complexity index is 520. The van der Waals surface area contributed by atoms with E-state index in [-0.39, 0.29) is 5.41 Å². The Hall–Kier alpha value is -1.45. The van der Waals surface area contributed by atoms with Gasteiger partial charge < -0.3 is 0 Å². The first-order valence-corrected chi connectivity index (χ1v) is 7.36. The summed E-state index contributed by atoms with van der Waals surface area (Å²) in [5.74, 6) is 0.700. The Morgan fingerprint density at radius 3 is 2.74 bits per heavy atom. The highest BCUT2D eigenvalue weighted by Gasteiger charge is 2.27. The lowest BCUT2D eigenvalue weighted by molar-refractivity contribution is 0.377. The van der Waals surface area contributed by atoms with Crippen molar-refractivity contribution in [2.75, 3.05) is 0 Å². The molecular weight excluding hydrogens is 236 g/mol. The molecule has 2 aromatic rings. The zero-order valence-corrected chi connectivity index (χ0v) is 12.3. The third kappa shape index (κ3) is 2.94. The van der Waals surface area contributed by atoms with Crippen LogP contribution in [-0.4, -0.2) is 19.6 Å². The zero-order chi connectivity index (χ0) is 13.7. The SMILES string of the molecule is CCCCCCC(C)(CC)c1ccnc2ncnn12. The largest absolute Gasteiger partial charge is 0.252 e. The minimum Gasteiger partial charge on any atom is -0.220 e. The number of unbranched alkanes of at least 4 members (excludes halogenated alkanes) is 3. The molecule has 2 aromatic heterocycles. The van der Waals surface area contributed by atoms with E-state index in [1.54, 1.807) is 6.33 Å². The third-order valence-corrected chi connectivity index (χ3v) is 4.16. The molecule has 0 saturated carbocycles. The monoisotopic (exact) mass is 260 g/mol. The Morgan fingerprint density at radius 2 is 2.00 bits per heavy atom. The highest BCUT2D eigenvalue weighted by atomic mass is 15.3. The minimum absolute atomic E-state index is 0.155. The van der Waals surface area contributed by atoms with E-state index in [2.05, 4.69) is 41.9 Å². The van der Waals surface area contributed by atoms with Crippen LogP contribution in [0.2, 0.25) is 0 Å². The summed E-state index contributed by atoms with van der Waals surface area (Å²) < 4.78 is 1.89. The summed E-state index contributed by atoms with van der Waals surface area (Å²) in [6.45, 7) is 6.83. The zero-order valence-electron chi connectivity index (χ0n) is 12.3. The van der Waals surface area contributed by atoms with Crippen LogP contribution in [0.3, 0.4) is 0 Å². The Balaban J connectivity index is 2.22. The fraction of sp³-hybridized carbons (Fsp3) is 0.667. The van der Waals surface area contributed by atoms with Crippen LogP contribution in [0.15, 0.2) is 18.6 Å². The summed E-state index contributed by atoms with van der Waals surface area (Å²) >= 11 is 0. The maximum atomic E-state index is 4.32. The van der Waals surface area contributed by atoms with E-state index in [9.17, 15) is 0 Å². The van der Waals surface area contributed by atoms with Gasteiger partial charge in [-0.1, -0.05) is 46.5 Å². The fourth-order valence-corrected chi connectivity index (χ4v) is 2.62. The molecule has 0 aliphatic carbocycles. The molecule has 2 heterocycles. The number of fused-ring (bicyclic) bond motifs is 1. The average molecular weight is 260 g/mol. The van der Waals surface area contributed by atoms with E-state index >= 15 is 0 Å². The van der Waals surface area contributed by atoms with Crippen molar-refractivity contribution in [3.8, 4) is 0 Å². The van der Waals surface area contributed by atoms with Gasteiger partial charge >= 0.3 is 0 Å². The Kier molecular flexibility index (Phi) is 4.51. The summed E-state index contributed by atoms with van der Waals surface area (Å²) in [6.07, 6.45) is 10.9. The molecule has 0 N–H and O–H groups in total. The van der Waals surface area contributed by atoms with Gasteiger partial charge in [0.05, 0.1) is 5.69 Å². The van der Waals surface area contributed by atoms with Crippen molar-refractivity contribution in [1.29, 1.82) is 0 Å². The molecule has 1 unspecified atom stereocenters. The van der Waals surface area contributed by atoms with Crippen LogP contribution in [0.25, 0.3) is 5.78 Å². The van der Waals surface area contributed by atoms with Gasteiger partial charge in [-0.15, -0.1) is 0 Å². The van der Waals surface area contributed by atoms with Crippen molar-refractivity contribution in [2.24, 2.45) is 0 Å². The lowest BCUT2D eigenvalue weighted by Crippen LogP contribution is -2.24. The Labute approximate surface area is 115 Å². The van der Waals surface area contributed by atoms with Gasteiger partial charge in [-0.2, -0.15) is 10.1 Å². The second kappa shape index (κ2) is 6.13. The normalized spacial score (nSPS) is 14.7. The number of hydrogen-bond donors (Lipinski definition) is 0. The average Bonchev–Trinajstić information content (AvgIpc) is 2.91. The molecule has 19 heavy (non-hydrogen) atoms. The van der Waals surface area contributed by atoms with Gasteiger partial charge in [-0.3, -0.25) is 0 Å². The molecule has 4 heteroatoms. The van der Waals surface area contributed by atoms with Crippen molar-refractivity contribution in [1.82, 2.24) is 19.6 Å². The second-order valence-corrected chi connectivity index (χ2v) is 5.53. The molecule has 1 atom stereocenters. The van der Waals surface area contributed by atoms with Crippen LogP contribution < -0.4 is 0 Å². The first kappa shape index (κ1) is 14.0. The van der Waals surface area contributed by atoms with Gasteiger partial charge in [0.1, 0.15) is 6.33 Å². The van der Waals surface area contributed by atoms with Gasteiger partial charge in [0.15, 0.2) is 0 Å². The van der Waals surface area contributed by atoms with Gasteiger partial charge in [-0.05, 0) is 18.9 Å². The van der Waals surface area contributed by atoms with Crippen molar-refractivity contribution in [3.05, 3.63) is 24.3 Å². The fourth-order valence-electron chi connectivity index (χ4n) is 2.62. The van der Waals surface area contributed by atoms with Crippen molar-refractivity contribution >= 4 is 5.78 Å². The van der Waals surface area contributed by atoms with E-state index < -0.39 is 0 Å². The molecule has 4 nitrogen and oxygen atoms in total. The smallest absolute Gasteiger partial charge is 0.220 e. The molecule has 104 valence electrons. The molecule has 0 spiro atoms. The maximum Gasteiger partial charge on any atom is 0.252 e. The molecule has 0 saturated heterocycles. The highest BCUT2D eigenvalue weighted by Crippen LogP contribution is 2.32. The standard InChI is InChI=1S/C15H24N4/c1-4-6-7-8-10-15(3,5-2)13-9-11-16-14-17-12-18-19(13)14/h9,11-12H,4-8,10H2,1-3H3. The van der Waals surface area contributed by atoms with E-state index in [1.165, 1.54) is 37.8 Å². The van der Waals surface area contributed by atoms with E-state index in [0.717, 1.165) is 6.42 Å². The molecule has 0 amide bonds. The Morgan fingerprint density at radius 1 is 1.16 bits per heavy atom. The van der Waals surface area contributed by atoms with Crippen molar-refractivity contribution < 1.29 is 0 Å². The van der Waals surface area contributed by atoms with Crippen LogP contribution in [0.5, 0.6) is 0 Å². The number of aromatic nitrogens is 4. The van der Waals surface area contributed by atoms with E-state index in [1.807, 2.05) is 10.7 Å². The van der Waals surface area contributed by atoms with Crippen LogP contribution in [0.4, 0.5) is 0 Å². The summed E-state index contributed by atoms with van der Waals surface area (Å²) in [7, 11) is 0. The lowest BCUT2D eigenvalue weighted by Gasteiger charge is -2.28. The topological polar surface area (TPSA) is 43.1 Å². The minimum atomic E-state index is 0.155. The number of rotatable bonds is 7. The first-order chi connectivity index (χ1) is 9.21. The molecule has 0 radical (unpaired) electrons. The first-order valence-electron chi connectivity index (χ1n) is 7.36. The lowest BCUT2D eigenvalue weighted by atomic mass is 9.79. The number of hydrogen-bond acceptors (Lipinski definition) is 3. The maximum absolute atomic E-state index is 4.32.